The Morgan fingerprint density at radius 3 is 2.67 bits per heavy atom. The maximum atomic E-state index is 12.8. The number of hydrogen-bond acceptors (Lipinski definition) is 3. The minimum Gasteiger partial charge on any atom is -0.354 e. The Bertz CT molecular complexity index is 514. The molecule has 0 radical (unpaired) electrons. The molecule has 116 valence electrons. The van der Waals surface area contributed by atoms with E-state index >= 15 is 0 Å². The number of halogens is 5. The van der Waals surface area contributed by atoms with Crippen molar-refractivity contribution in [1.82, 2.24) is 10.3 Å². The maximum absolute atomic E-state index is 12.8. The van der Waals surface area contributed by atoms with Crippen LogP contribution in [0.1, 0.15) is 5.56 Å². The molecule has 1 aliphatic rings. The van der Waals surface area contributed by atoms with Crippen LogP contribution in [0, 0.1) is 5.92 Å². The molecule has 0 atom stereocenters. The van der Waals surface area contributed by atoms with Crippen LogP contribution in [0.5, 0.6) is 0 Å². The van der Waals surface area contributed by atoms with E-state index in [1.807, 2.05) is 5.32 Å². The molecule has 1 aromatic rings. The highest BCUT2D eigenvalue weighted by molar-refractivity contribution is 5.81. The van der Waals surface area contributed by atoms with Gasteiger partial charge < -0.3 is 10.2 Å². The van der Waals surface area contributed by atoms with E-state index in [9.17, 15) is 26.7 Å². The van der Waals surface area contributed by atoms with Gasteiger partial charge in [-0.05, 0) is 12.1 Å². The SMILES string of the molecule is O=C(NCC(F)F)C1CN(c2ncccc2C(F)(F)F)C1. The molecule has 0 spiro atoms. The van der Waals surface area contributed by atoms with Gasteiger partial charge in [-0.3, -0.25) is 4.79 Å². The molecule has 1 saturated heterocycles. The summed E-state index contributed by atoms with van der Waals surface area (Å²) < 4.78 is 62.3. The van der Waals surface area contributed by atoms with E-state index < -0.39 is 36.5 Å². The molecular weight excluding hydrogens is 297 g/mol. The van der Waals surface area contributed by atoms with Gasteiger partial charge in [-0.15, -0.1) is 0 Å². The minimum atomic E-state index is -4.54. The summed E-state index contributed by atoms with van der Waals surface area (Å²) in [6.07, 6.45) is -5.96. The Balaban J connectivity index is 1.98. The number of rotatable bonds is 4. The van der Waals surface area contributed by atoms with Gasteiger partial charge in [-0.2, -0.15) is 13.2 Å². The molecule has 1 aromatic heterocycles. The monoisotopic (exact) mass is 309 g/mol. The van der Waals surface area contributed by atoms with Crippen LogP contribution in [0.15, 0.2) is 18.3 Å². The third-order valence-corrected chi connectivity index (χ3v) is 3.07. The Kier molecular flexibility index (Phi) is 4.29. The largest absolute Gasteiger partial charge is 0.419 e. The second-order valence-electron chi connectivity index (χ2n) is 4.61. The molecule has 21 heavy (non-hydrogen) atoms. The number of pyridine rings is 1. The van der Waals surface area contributed by atoms with E-state index in [-0.39, 0.29) is 18.9 Å². The first-order valence-electron chi connectivity index (χ1n) is 6.12. The lowest BCUT2D eigenvalue weighted by atomic mass is 9.98. The van der Waals surface area contributed by atoms with Crippen molar-refractivity contribution in [3.63, 3.8) is 0 Å². The zero-order chi connectivity index (χ0) is 15.6. The van der Waals surface area contributed by atoms with Crippen LogP contribution in [0.25, 0.3) is 0 Å². The molecule has 0 saturated carbocycles. The van der Waals surface area contributed by atoms with E-state index in [0.717, 1.165) is 6.07 Å². The number of alkyl halides is 5. The van der Waals surface area contributed by atoms with Crippen LogP contribution in [-0.2, 0) is 11.0 Å². The molecule has 1 aliphatic heterocycles. The molecule has 1 fully saturated rings. The lowest BCUT2D eigenvalue weighted by Crippen LogP contribution is -2.55. The normalized spacial score (nSPS) is 16.0. The third kappa shape index (κ3) is 3.59. The van der Waals surface area contributed by atoms with E-state index in [1.54, 1.807) is 0 Å². The molecule has 0 unspecified atom stereocenters. The van der Waals surface area contributed by atoms with Crippen LogP contribution in [0.4, 0.5) is 27.8 Å². The summed E-state index contributed by atoms with van der Waals surface area (Å²) in [7, 11) is 0. The molecule has 2 rings (SSSR count). The number of nitrogens with zero attached hydrogens (tertiary/aromatic N) is 2. The predicted molar refractivity (Wildman–Crippen MR) is 64.0 cm³/mol. The number of carbonyl (C=O) groups excluding carboxylic acids is 1. The zero-order valence-corrected chi connectivity index (χ0v) is 10.7. The fourth-order valence-corrected chi connectivity index (χ4v) is 2.01. The predicted octanol–water partition coefficient (Wildman–Crippen LogP) is 1.92. The summed E-state index contributed by atoms with van der Waals surface area (Å²) >= 11 is 0. The third-order valence-electron chi connectivity index (χ3n) is 3.07. The number of amides is 1. The van der Waals surface area contributed by atoms with Gasteiger partial charge in [0.25, 0.3) is 6.43 Å². The summed E-state index contributed by atoms with van der Waals surface area (Å²) in [5.74, 6) is -1.44. The summed E-state index contributed by atoms with van der Waals surface area (Å²) in [6.45, 7) is -0.711. The fraction of sp³-hybridized carbons (Fsp3) is 0.500. The van der Waals surface area contributed by atoms with Gasteiger partial charge in [0.05, 0.1) is 18.0 Å². The number of anilines is 1. The Morgan fingerprint density at radius 1 is 1.43 bits per heavy atom. The number of carbonyl (C=O) groups is 1. The van der Waals surface area contributed by atoms with Gasteiger partial charge in [0.1, 0.15) is 5.82 Å². The van der Waals surface area contributed by atoms with E-state index in [0.29, 0.717) is 0 Å². The first-order valence-corrected chi connectivity index (χ1v) is 6.12. The molecule has 4 nitrogen and oxygen atoms in total. The summed E-state index contributed by atoms with van der Waals surface area (Å²) in [4.78, 5) is 16.5. The van der Waals surface area contributed by atoms with Crippen molar-refractivity contribution < 1.29 is 26.7 Å². The van der Waals surface area contributed by atoms with Crippen LogP contribution in [-0.4, -0.2) is 37.0 Å². The highest BCUT2D eigenvalue weighted by Crippen LogP contribution is 2.37. The maximum Gasteiger partial charge on any atom is 0.419 e. The molecule has 2 heterocycles. The Hall–Kier alpha value is -1.93. The quantitative estimate of drug-likeness (QED) is 0.864. The minimum absolute atomic E-state index is 0.0230. The fourth-order valence-electron chi connectivity index (χ4n) is 2.01. The zero-order valence-electron chi connectivity index (χ0n) is 10.7. The van der Waals surface area contributed by atoms with E-state index in [4.69, 9.17) is 0 Å². The standard InChI is InChI=1S/C12H12F5N3O/c13-9(14)4-19-11(21)7-5-20(6-7)10-8(12(15,16)17)2-1-3-18-10/h1-3,7,9H,4-6H2,(H,19,21). The molecule has 0 aliphatic carbocycles. The molecule has 0 aromatic carbocycles. The van der Waals surface area contributed by atoms with Crippen molar-refractivity contribution in [1.29, 1.82) is 0 Å². The van der Waals surface area contributed by atoms with Gasteiger partial charge in [0, 0.05) is 19.3 Å². The topological polar surface area (TPSA) is 45.2 Å². The van der Waals surface area contributed by atoms with Gasteiger partial charge >= 0.3 is 6.18 Å². The van der Waals surface area contributed by atoms with Crippen LogP contribution in [0.3, 0.4) is 0 Å². The molecule has 1 amide bonds. The summed E-state index contributed by atoms with van der Waals surface area (Å²) in [5.41, 5.74) is -0.878. The first-order chi connectivity index (χ1) is 9.79. The van der Waals surface area contributed by atoms with Crippen molar-refractivity contribution in [3.05, 3.63) is 23.9 Å². The van der Waals surface area contributed by atoms with Gasteiger partial charge in [-0.1, -0.05) is 0 Å². The van der Waals surface area contributed by atoms with Crippen LogP contribution in [0.2, 0.25) is 0 Å². The van der Waals surface area contributed by atoms with Crippen LogP contribution >= 0.6 is 0 Å². The lowest BCUT2D eigenvalue weighted by molar-refractivity contribution is -0.137. The highest BCUT2D eigenvalue weighted by Gasteiger charge is 2.40. The lowest BCUT2D eigenvalue weighted by Gasteiger charge is -2.40. The van der Waals surface area contributed by atoms with Crippen molar-refractivity contribution >= 4 is 11.7 Å². The summed E-state index contributed by atoms with van der Waals surface area (Å²) in [5, 5.41) is 2.04. The average Bonchev–Trinajstić information content (AvgIpc) is 2.34. The highest BCUT2D eigenvalue weighted by atomic mass is 19.4. The second-order valence-corrected chi connectivity index (χ2v) is 4.61. The van der Waals surface area contributed by atoms with Crippen molar-refractivity contribution in [3.8, 4) is 0 Å². The first kappa shape index (κ1) is 15.5. The molecule has 9 heteroatoms. The van der Waals surface area contributed by atoms with Crippen molar-refractivity contribution in [2.24, 2.45) is 5.92 Å². The van der Waals surface area contributed by atoms with Gasteiger partial charge in [-0.25, -0.2) is 13.8 Å². The van der Waals surface area contributed by atoms with Gasteiger partial charge in [0.2, 0.25) is 5.91 Å². The summed E-state index contributed by atoms with van der Waals surface area (Å²) in [6, 6.07) is 2.09. The van der Waals surface area contributed by atoms with Crippen molar-refractivity contribution in [2.75, 3.05) is 24.5 Å². The Morgan fingerprint density at radius 2 is 2.10 bits per heavy atom. The smallest absolute Gasteiger partial charge is 0.354 e. The van der Waals surface area contributed by atoms with Crippen molar-refractivity contribution in [2.45, 2.75) is 12.6 Å². The van der Waals surface area contributed by atoms with Gasteiger partial charge in [0.15, 0.2) is 0 Å². The van der Waals surface area contributed by atoms with E-state index in [2.05, 4.69) is 4.98 Å². The van der Waals surface area contributed by atoms with E-state index in [1.165, 1.54) is 17.2 Å². The number of aromatic nitrogens is 1. The molecular formula is C12H12F5N3O. The number of nitrogens with one attached hydrogen (secondary N) is 1. The second kappa shape index (κ2) is 5.82. The average molecular weight is 309 g/mol. The number of hydrogen-bond donors (Lipinski definition) is 1. The molecule has 0 bridgehead atoms. The molecule has 1 N–H and O–H groups in total. The van der Waals surface area contributed by atoms with Crippen LogP contribution < -0.4 is 10.2 Å². The Labute approximate surface area is 116 Å².